The zero-order valence-corrected chi connectivity index (χ0v) is 5.75. The van der Waals surface area contributed by atoms with Crippen molar-refractivity contribution in [2.45, 2.75) is 13.1 Å². The third-order valence-corrected chi connectivity index (χ3v) is 1.78. The largest absolute Gasteiger partial charge is 0.428 e. The maximum Gasteiger partial charge on any atom is 0.428 e. The van der Waals surface area contributed by atoms with Crippen LogP contribution in [-0.2, 0) is 6.18 Å². The highest BCUT2D eigenvalue weighted by Crippen LogP contribution is 2.32. The van der Waals surface area contributed by atoms with Crippen molar-refractivity contribution in [3.05, 3.63) is 10.6 Å². The Bertz CT molecular complexity index is 229. The number of aryl methyl sites for hydroxylation is 1. The molecule has 0 atom stereocenters. The molecule has 6 heteroatoms. The fourth-order valence-corrected chi connectivity index (χ4v) is 1.01. The van der Waals surface area contributed by atoms with Gasteiger partial charge in [-0.25, -0.2) is 0 Å². The van der Waals surface area contributed by atoms with Gasteiger partial charge in [-0.3, -0.25) is 0 Å². The van der Waals surface area contributed by atoms with Crippen LogP contribution in [0, 0.1) is 6.92 Å². The second-order valence-electron chi connectivity index (χ2n) is 1.69. The van der Waals surface area contributed by atoms with E-state index in [0.29, 0.717) is 11.5 Å². The van der Waals surface area contributed by atoms with Crippen LogP contribution in [0.1, 0.15) is 10.6 Å². The normalized spacial score (nSPS) is 12.0. The average Bonchev–Trinajstić information content (AvgIpc) is 2.11. The number of nitrogens with zero attached hydrogens (tertiary/aromatic N) is 2. The molecule has 0 spiro atoms. The van der Waals surface area contributed by atoms with Gasteiger partial charge in [-0.05, 0) is 18.5 Å². The van der Waals surface area contributed by atoms with Gasteiger partial charge in [-0.1, -0.05) is 4.49 Å². The summed E-state index contributed by atoms with van der Waals surface area (Å²) < 4.78 is 38.6. The summed E-state index contributed by atoms with van der Waals surface area (Å²) in [4.78, 5) is -0.715. The van der Waals surface area contributed by atoms with E-state index in [1.807, 2.05) is 0 Å². The van der Waals surface area contributed by atoms with Gasteiger partial charge in [0.2, 0.25) is 0 Å². The number of hydrogen-bond donors (Lipinski definition) is 0. The molecule has 1 aromatic heterocycles. The monoisotopic (exact) mass is 168 g/mol. The quantitative estimate of drug-likeness (QED) is 0.591. The Kier molecular flexibility index (Phi) is 1.63. The summed E-state index contributed by atoms with van der Waals surface area (Å²) in [5, 5.41) is 3.23. The molecule has 56 valence electrons. The van der Waals surface area contributed by atoms with Crippen LogP contribution in [-0.4, -0.2) is 9.59 Å². The molecule has 0 radical (unpaired) electrons. The van der Waals surface area contributed by atoms with Crippen LogP contribution < -0.4 is 0 Å². The van der Waals surface area contributed by atoms with E-state index in [9.17, 15) is 13.2 Å². The van der Waals surface area contributed by atoms with Gasteiger partial charge in [0.25, 0.3) is 0 Å². The minimum absolute atomic E-state index is 0.0579. The minimum atomic E-state index is -4.29. The number of rotatable bonds is 0. The van der Waals surface area contributed by atoms with Crippen molar-refractivity contribution in [3.8, 4) is 0 Å². The van der Waals surface area contributed by atoms with Gasteiger partial charge >= 0.3 is 6.18 Å². The van der Waals surface area contributed by atoms with Crippen molar-refractivity contribution in [3.63, 3.8) is 0 Å². The second kappa shape index (κ2) is 2.19. The van der Waals surface area contributed by atoms with Crippen molar-refractivity contribution in [2.24, 2.45) is 0 Å². The summed E-state index contributed by atoms with van der Waals surface area (Å²) in [6.07, 6.45) is -4.29. The van der Waals surface area contributed by atoms with Crippen molar-refractivity contribution >= 4 is 11.5 Å². The van der Waals surface area contributed by atoms with E-state index in [1.165, 1.54) is 6.92 Å². The molecule has 0 fully saturated rings. The fourth-order valence-electron chi connectivity index (χ4n) is 0.491. The maximum atomic E-state index is 11.8. The summed E-state index contributed by atoms with van der Waals surface area (Å²) in [6, 6.07) is 0. The van der Waals surface area contributed by atoms with Crippen LogP contribution in [0.5, 0.6) is 0 Å². The van der Waals surface area contributed by atoms with Gasteiger partial charge in [-0.15, -0.1) is 5.10 Å². The van der Waals surface area contributed by atoms with Gasteiger partial charge < -0.3 is 0 Å². The number of aromatic nitrogens is 2. The lowest BCUT2D eigenvalue weighted by atomic mass is 10.4. The highest BCUT2D eigenvalue weighted by molar-refractivity contribution is 7.05. The zero-order valence-electron chi connectivity index (χ0n) is 4.94. The van der Waals surface area contributed by atoms with Crippen LogP contribution in [0.3, 0.4) is 0 Å². The molecular formula is C4H3F3N2S. The van der Waals surface area contributed by atoms with Gasteiger partial charge in [-0.2, -0.15) is 13.2 Å². The lowest BCUT2D eigenvalue weighted by Gasteiger charge is -2.00. The number of alkyl halides is 3. The van der Waals surface area contributed by atoms with E-state index >= 15 is 0 Å². The molecule has 0 aromatic carbocycles. The molecular weight excluding hydrogens is 165 g/mol. The first kappa shape index (κ1) is 7.46. The van der Waals surface area contributed by atoms with Crippen LogP contribution in [0.4, 0.5) is 13.2 Å². The lowest BCUT2D eigenvalue weighted by molar-refractivity contribution is -0.134. The Morgan fingerprint density at radius 1 is 1.40 bits per heavy atom. The Morgan fingerprint density at radius 2 is 2.00 bits per heavy atom. The highest BCUT2D eigenvalue weighted by Gasteiger charge is 2.35. The first-order valence-corrected chi connectivity index (χ1v) is 3.15. The molecule has 0 amide bonds. The second-order valence-corrected chi connectivity index (χ2v) is 2.44. The molecule has 0 aliphatic heterocycles. The summed E-state index contributed by atoms with van der Waals surface area (Å²) in [6.45, 7) is 1.28. The maximum absolute atomic E-state index is 11.8. The standard InChI is InChI=1S/C4H3F3N2S/c1-2-3(4(5,6)7)10-9-8-2/h1H3. The lowest BCUT2D eigenvalue weighted by Crippen LogP contribution is -2.03. The van der Waals surface area contributed by atoms with Crippen molar-refractivity contribution < 1.29 is 13.2 Å². The molecule has 0 aliphatic rings. The number of halogens is 3. The molecule has 0 bridgehead atoms. The van der Waals surface area contributed by atoms with E-state index in [1.54, 1.807) is 0 Å². The smallest absolute Gasteiger partial charge is 0.165 e. The summed E-state index contributed by atoms with van der Waals surface area (Å²) >= 11 is 0.370. The molecule has 1 rings (SSSR count). The molecule has 0 aliphatic carbocycles. The van der Waals surface area contributed by atoms with Crippen molar-refractivity contribution in [1.82, 2.24) is 9.59 Å². The molecule has 0 saturated heterocycles. The van der Waals surface area contributed by atoms with E-state index in [2.05, 4.69) is 9.59 Å². The Hall–Kier alpha value is -0.650. The predicted molar refractivity (Wildman–Crippen MR) is 29.6 cm³/mol. The van der Waals surface area contributed by atoms with Crippen LogP contribution in [0.25, 0.3) is 0 Å². The third kappa shape index (κ3) is 1.26. The number of hydrogen-bond acceptors (Lipinski definition) is 3. The molecule has 0 N–H and O–H groups in total. The Balaban J connectivity index is 3.05. The summed E-state index contributed by atoms with van der Waals surface area (Å²) in [5.74, 6) is 0. The molecule has 1 aromatic rings. The third-order valence-electron chi connectivity index (χ3n) is 0.909. The molecule has 0 saturated carbocycles. The molecule has 1 heterocycles. The average molecular weight is 168 g/mol. The van der Waals surface area contributed by atoms with Gasteiger partial charge in [0.15, 0.2) is 4.88 Å². The van der Waals surface area contributed by atoms with Crippen molar-refractivity contribution in [2.75, 3.05) is 0 Å². The van der Waals surface area contributed by atoms with Crippen LogP contribution in [0.2, 0.25) is 0 Å². The highest BCUT2D eigenvalue weighted by atomic mass is 32.1. The van der Waals surface area contributed by atoms with Crippen molar-refractivity contribution in [1.29, 1.82) is 0 Å². The fraction of sp³-hybridized carbons (Fsp3) is 0.500. The molecule has 2 nitrogen and oxygen atoms in total. The summed E-state index contributed by atoms with van der Waals surface area (Å²) in [7, 11) is 0. The molecule has 10 heavy (non-hydrogen) atoms. The van der Waals surface area contributed by atoms with E-state index in [4.69, 9.17) is 0 Å². The van der Waals surface area contributed by atoms with Gasteiger partial charge in [0.1, 0.15) is 0 Å². The summed E-state index contributed by atoms with van der Waals surface area (Å²) in [5.41, 5.74) is -0.0579. The molecule has 0 unspecified atom stereocenters. The van der Waals surface area contributed by atoms with Gasteiger partial charge in [0, 0.05) is 0 Å². The van der Waals surface area contributed by atoms with E-state index in [0.717, 1.165) is 0 Å². The Labute approximate surface area is 58.8 Å². The van der Waals surface area contributed by atoms with Crippen LogP contribution in [0.15, 0.2) is 0 Å². The topological polar surface area (TPSA) is 25.8 Å². The van der Waals surface area contributed by atoms with Gasteiger partial charge in [0.05, 0.1) is 5.69 Å². The predicted octanol–water partition coefficient (Wildman–Crippen LogP) is 1.87. The Morgan fingerprint density at radius 3 is 2.20 bits per heavy atom. The minimum Gasteiger partial charge on any atom is -0.165 e. The first-order valence-electron chi connectivity index (χ1n) is 2.38. The van der Waals surface area contributed by atoms with E-state index < -0.39 is 11.1 Å². The zero-order chi connectivity index (χ0) is 7.78. The van der Waals surface area contributed by atoms with Crippen LogP contribution >= 0.6 is 11.5 Å². The van der Waals surface area contributed by atoms with E-state index in [-0.39, 0.29) is 5.69 Å². The SMILES string of the molecule is Cc1nnsc1C(F)(F)F. The first-order chi connectivity index (χ1) is 4.52.